The molecule has 26 heavy (non-hydrogen) atoms. The van der Waals surface area contributed by atoms with Gasteiger partial charge in [0.15, 0.2) is 0 Å². The Bertz CT molecular complexity index is 1010. The number of amides is 1. The highest BCUT2D eigenvalue weighted by Gasteiger charge is 2.25. The molecule has 126 valence electrons. The average Bonchev–Trinajstić information content (AvgIpc) is 3.12. The van der Waals surface area contributed by atoms with E-state index in [1.165, 1.54) is 5.56 Å². The van der Waals surface area contributed by atoms with Crippen LogP contribution in [0.3, 0.4) is 0 Å². The minimum Gasteiger partial charge on any atom is -0.354 e. The summed E-state index contributed by atoms with van der Waals surface area (Å²) in [7, 11) is 0. The summed E-state index contributed by atoms with van der Waals surface area (Å²) in [5, 5.41) is 12.2. The minimum atomic E-state index is -0.0898. The largest absolute Gasteiger partial charge is 0.354 e. The fraction of sp³-hybridized carbons (Fsp3) is 0.0952. The van der Waals surface area contributed by atoms with Gasteiger partial charge in [-0.3, -0.25) is 4.79 Å². The lowest BCUT2D eigenvalue weighted by Crippen LogP contribution is -2.29. The van der Waals surface area contributed by atoms with Crippen LogP contribution in [-0.4, -0.2) is 17.4 Å². The van der Waals surface area contributed by atoms with Gasteiger partial charge in [0.05, 0.1) is 23.5 Å². The van der Waals surface area contributed by atoms with Crippen LogP contribution >= 0.6 is 0 Å². The van der Waals surface area contributed by atoms with E-state index in [2.05, 4.69) is 22.4 Å². The van der Waals surface area contributed by atoms with Crippen LogP contribution in [0.15, 0.2) is 66.9 Å². The number of nitriles is 1. The van der Waals surface area contributed by atoms with E-state index in [9.17, 15) is 4.79 Å². The van der Waals surface area contributed by atoms with Crippen molar-refractivity contribution in [2.45, 2.75) is 6.42 Å². The lowest BCUT2D eigenvalue weighted by atomic mass is 10.2. The molecule has 0 unspecified atom stereocenters. The van der Waals surface area contributed by atoms with Crippen molar-refractivity contribution in [1.29, 1.82) is 5.26 Å². The first-order valence-corrected chi connectivity index (χ1v) is 8.37. The third kappa shape index (κ3) is 3.01. The summed E-state index contributed by atoms with van der Waals surface area (Å²) in [6, 6.07) is 20.8. The number of nitrogens with zero attached hydrogens (tertiary/aromatic N) is 3. The highest BCUT2D eigenvalue weighted by Crippen LogP contribution is 2.28. The van der Waals surface area contributed by atoms with Gasteiger partial charge in [0, 0.05) is 17.9 Å². The van der Waals surface area contributed by atoms with Crippen molar-refractivity contribution in [2.75, 3.05) is 16.8 Å². The van der Waals surface area contributed by atoms with Crippen molar-refractivity contribution in [1.82, 2.24) is 4.98 Å². The Hall–Kier alpha value is -3.65. The summed E-state index contributed by atoms with van der Waals surface area (Å²) in [5.74, 6) is -0.0898. The first-order valence-electron chi connectivity index (χ1n) is 8.37. The Morgan fingerprint density at radius 1 is 1.08 bits per heavy atom. The van der Waals surface area contributed by atoms with Gasteiger partial charge in [-0.05, 0) is 48.4 Å². The molecule has 0 fully saturated rings. The monoisotopic (exact) mass is 340 g/mol. The molecule has 0 spiro atoms. The number of nitrogens with one attached hydrogen (secondary N) is 1. The Morgan fingerprint density at radius 3 is 2.77 bits per heavy atom. The molecule has 4 rings (SSSR count). The van der Waals surface area contributed by atoms with Crippen LogP contribution in [0.5, 0.6) is 0 Å². The van der Waals surface area contributed by atoms with Gasteiger partial charge in [0.1, 0.15) is 5.69 Å². The minimum absolute atomic E-state index is 0.0898. The molecule has 5 heteroatoms. The van der Waals surface area contributed by atoms with Gasteiger partial charge in [0.2, 0.25) is 0 Å². The van der Waals surface area contributed by atoms with Crippen molar-refractivity contribution in [2.24, 2.45) is 0 Å². The first-order chi connectivity index (χ1) is 12.7. The molecule has 1 amide bonds. The standard InChI is InChI=1S/C21H16N4O/c22-13-15-4-3-6-17(12-15)24-18-8-9-19(23-14-18)21(26)25-11-10-16-5-1-2-7-20(16)25/h1-9,12,14,24H,10-11H2. The van der Waals surface area contributed by atoms with E-state index in [1.807, 2.05) is 36.4 Å². The number of anilines is 3. The summed E-state index contributed by atoms with van der Waals surface area (Å²) in [4.78, 5) is 18.9. The zero-order chi connectivity index (χ0) is 17.9. The Balaban J connectivity index is 1.51. The molecule has 0 atom stereocenters. The zero-order valence-electron chi connectivity index (χ0n) is 14.0. The molecule has 1 N–H and O–H groups in total. The number of rotatable bonds is 3. The molecular weight excluding hydrogens is 324 g/mol. The predicted octanol–water partition coefficient (Wildman–Crippen LogP) is 3.90. The van der Waals surface area contributed by atoms with Crippen molar-refractivity contribution in [3.8, 4) is 6.07 Å². The quantitative estimate of drug-likeness (QED) is 0.785. The van der Waals surface area contributed by atoms with Crippen molar-refractivity contribution in [3.63, 3.8) is 0 Å². The molecular formula is C21H16N4O. The van der Waals surface area contributed by atoms with E-state index in [1.54, 1.807) is 29.3 Å². The third-order valence-electron chi connectivity index (χ3n) is 4.40. The van der Waals surface area contributed by atoms with Crippen molar-refractivity contribution in [3.05, 3.63) is 83.7 Å². The second-order valence-electron chi connectivity index (χ2n) is 6.09. The zero-order valence-corrected chi connectivity index (χ0v) is 14.0. The van der Waals surface area contributed by atoms with Crippen LogP contribution in [0.4, 0.5) is 17.1 Å². The smallest absolute Gasteiger partial charge is 0.276 e. The molecule has 5 nitrogen and oxygen atoms in total. The predicted molar refractivity (Wildman–Crippen MR) is 100 cm³/mol. The van der Waals surface area contributed by atoms with Crippen LogP contribution < -0.4 is 10.2 Å². The second-order valence-corrected chi connectivity index (χ2v) is 6.09. The highest BCUT2D eigenvalue weighted by atomic mass is 16.2. The number of carbonyl (C=O) groups excluding carboxylic acids is 1. The first kappa shape index (κ1) is 15.9. The number of pyridine rings is 1. The van der Waals surface area contributed by atoms with Gasteiger partial charge >= 0.3 is 0 Å². The van der Waals surface area contributed by atoms with Gasteiger partial charge < -0.3 is 10.2 Å². The Morgan fingerprint density at radius 2 is 1.96 bits per heavy atom. The van der Waals surface area contributed by atoms with E-state index in [0.29, 0.717) is 17.8 Å². The van der Waals surface area contributed by atoms with Crippen LogP contribution in [0, 0.1) is 11.3 Å². The molecule has 0 bridgehead atoms. The van der Waals surface area contributed by atoms with Crippen LogP contribution in [0.1, 0.15) is 21.6 Å². The molecule has 3 aromatic rings. The summed E-state index contributed by atoms with van der Waals surface area (Å²) in [6.07, 6.45) is 2.51. The van der Waals surface area contributed by atoms with Crippen molar-refractivity contribution >= 4 is 23.0 Å². The SMILES string of the molecule is N#Cc1cccc(Nc2ccc(C(=O)N3CCc4ccccc43)nc2)c1. The normalized spacial score (nSPS) is 12.3. The van der Waals surface area contributed by atoms with Gasteiger partial charge in [-0.15, -0.1) is 0 Å². The summed E-state index contributed by atoms with van der Waals surface area (Å²) < 4.78 is 0. The highest BCUT2D eigenvalue weighted by molar-refractivity contribution is 6.06. The maximum Gasteiger partial charge on any atom is 0.276 e. The number of aromatic nitrogens is 1. The fourth-order valence-electron chi connectivity index (χ4n) is 3.11. The van der Waals surface area contributed by atoms with E-state index in [4.69, 9.17) is 5.26 Å². The molecule has 1 aliphatic rings. The number of para-hydroxylation sites is 1. The average molecular weight is 340 g/mol. The van der Waals surface area contributed by atoms with E-state index in [0.717, 1.165) is 23.5 Å². The van der Waals surface area contributed by atoms with Gasteiger partial charge in [0.25, 0.3) is 5.91 Å². The number of fused-ring (bicyclic) bond motifs is 1. The maximum absolute atomic E-state index is 12.8. The van der Waals surface area contributed by atoms with Gasteiger partial charge in [-0.25, -0.2) is 4.98 Å². The maximum atomic E-state index is 12.8. The second kappa shape index (κ2) is 6.69. The van der Waals surface area contributed by atoms with Crippen LogP contribution in [0.2, 0.25) is 0 Å². The number of carbonyl (C=O) groups is 1. The molecule has 1 aromatic heterocycles. The molecule has 0 aliphatic carbocycles. The lowest BCUT2D eigenvalue weighted by Gasteiger charge is -2.17. The fourth-order valence-corrected chi connectivity index (χ4v) is 3.11. The van der Waals surface area contributed by atoms with Crippen LogP contribution in [-0.2, 0) is 6.42 Å². The molecule has 0 saturated carbocycles. The molecule has 2 aromatic carbocycles. The lowest BCUT2D eigenvalue weighted by molar-refractivity contribution is 0.0984. The molecule has 0 saturated heterocycles. The number of benzene rings is 2. The molecule has 2 heterocycles. The Kier molecular flexibility index (Phi) is 4.08. The number of hydrogen-bond acceptors (Lipinski definition) is 4. The van der Waals surface area contributed by atoms with E-state index >= 15 is 0 Å². The van der Waals surface area contributed by atoms with Gasteiger partial charge in [-0.1, -0.05) is 24.3 Å². The van der Waals surface area contributed by atoms with Gasteiger partial charge in [-0.2, -0.15) is 5.26 Å². The summed E-state index contributed by atoms with van der Waals surface area (Å²) in [6.45, 7) is 0.681. The Labute approximate surface area is 151 Å². The topological polar surface area (TPSA) is 69.0 Å². The third-order valence-corrected chi connectivity index (χ3v) is 4.40. The molecule has 0 radical (unpaired) electrons. The van der Waals surface area contributed by atoms with E-state index in [-0.39, 0.29) is 5.91 Å². The number of hydrogen-bond donors (Lipinski definition) is 1. The van der Waals surface area contributed by atoms with Crippen LogP contribution in [0.25, 0.3) is 0 Å². The molecule has 1 aliphatic heterocycles. The van der Waals surface area contributed by atoms with E-state index < -0.39 is 0 Å². The summed E-state index contributed by atoms with van der Waals surface area (Å²) >= 11 is 0. The summed E-state index contributed by atoms with van der Waals surface area (Å²) in [5.41, 5.74) is 4.73. The van der Waals surface area contributed by atoms with Crippen molar-refractivity contribution < 1.29 is 4.79 Å².